The minimum atomic E-state index is -4.64. The summed E-state index contributed by atoms with van der Waals surface area (Å²) < 4.78 is 24.4. The van der Waals surface area contributed by atoms with Crippen molar-refractivity contribution in [2.24, 2.45) is 0 Å². The quantitative estimate of drug-likeness (QED) is 0.155. The highest BCUT2D eigenvalue weighted by molar-refractivity contribution is 7.52. The SMILES string of the molecule is CCC(N(CCN(Cc1ccc(CO)cc1O)C(C)P(=O)(O)O)Cc1cc(CO)ccc1O)P(=O)(O)O. The molecule has 0 bridgehead atoms. The summed E-state index contributed by atoms with van der Waals surface area (Å²) in [5, 5.41) is 39.4. The number of rotatable bonds is 14. The lowest BCUT2D eigenvalue weighted by Gasteiger charge is -2.35. The molecule has 14 heteroatoms. The lowest BCUT2D eigenvalue weighted by Crippen LogP contribution is -2.43. The molecule has 0 spiro atoms. The molecule has 0 fully saturated rings. The predicted octanol–water partition coefficient (Wildman–Crippen LogP) is 1.82. The second-order valence-electron chi connectivity index (χ2n) is 8.88. The molecule has 0 aliphatic heterocycles. The smallest absolute Gasteiger partial charge is 0.342 e. The van der Waals surface area contributed by atoms with Crippen LogP contribution >= 0.6 is 15.2 Å². The van der Waals surface area contributed by atoms with Crippen molar-refractivity contribution in [3.05, 3.63) is 58.7 Å². The molecule has 0 radical (unpaired) electrons. The molecule has 12 nitrogen and oxygen atoms in total. The highest BCUT2D eigenvalue weighted by atomic mass is 31.2. The number of aliphatic hydroxyl groups is 2. The minimum absolute atomic E-state index is 0.0494. The van der Waals surface area contributed by atoms with Gasteiger partial charge in [-0.1, -0.05) is 25.1 Å². The Hall–Kier alpha value is -1.82. The van der Waals surface area contributed by atoms with Crippen LogP contribution in [0.4, 0.5) is 0 Å². The van der Waals surface area contributed by atoms with Crippen LogP contribution in [0.1, 0.15) is 42.5 Å². The van der Waals surface area contributed by atoms with Gasteiger partial charge < -0.3 is 40.0 Å². The molecule has 2 atom stereocenters. The van der Waals surface area contributed by atoms with Gasteiger partial charge in [-0.15, -0.1) is 0 Å². The third-order valence-electron chi connectivity index (χ3n) is 6.27. The van der Waals surface area contributed by atoms with E-state index in [1.807, 2.05) is 0 Å². The fourth-order valence-electron chi connectivity index (χ4n) is 4.05. The second-order valence-corrected chi connectivity index (χ2v) is 12.6. The van der Waals surface area contributed by atoms with Crippen LogP contribution in [0.5, 0.6) is 11.5 Å². The maximum absolute atomic E-state index is 12.3. The summed E-state index contributed by atoms with van der Waals surface area (Å²) in [5.74, 6) is -2.82. The number of nitrogens with zero attached hydrogens (tertiary/aromatic N) is 2. The van der Waals surface area contributed by atoms with Gasteiger partial charge in [0.15, 0.2) is 0 Å². The number of aliphatic hydroxyl groups excluding tert-OH is 2. The summed E-state index contributed by atoms with van der Waals surface area (Å²) >= 11 is 0. The zero-order chi connectivity index (χ0) is 28.0. The lowest BCUT2D eigenvalue weighted by atomic mass is 10.1. The largest absolute Gasteiger partial charge is 0.508 e. The van der Waals surface area contributed by atoms with Crippen LogP contribution in [-0.4, -0.2) is 74.5 Å². The maximum Gasteiger partial charge on any atom is 0.342 e. The topological polar surface area (TPSA) is 202 Å². The van der Waals surface area contributed by atoms with Gasteiger partial charge in [0, 0.05) is 37.3 Å². The molecule has 0 heterocycles. The molecule has 2 unspecified atom stereocenters. The predicted molar refractivity (Wildman–Crippen MR) is 137 cm³/mol. The molecular formula is C23H36N2O10P2. The average molecular weight is 562 g/mol. The van der Waals surface area contributed by atoms with E-state index in [9.17, 15) is 49.1 Å². The molecule has 37 heavy (non-hydrogen) atoms. The Labute approximate surface area is 215 Å². The zero-order valence-corrected chi connectivity index (χ0v) is 22.5. The van der Waals surface area contributed by atoms with E-state index >= 15 is 0 Å². The van der Waals surface area contributed by atoms with Crippen LogP contribution in [-0.2, 0) is 35.4 Å². The van der Waals surface area contributed by atoms with Crippen molar-refractivity contribution in [1.29, 1.82) is 0 Å². The highest BCUT2D eigenvalue weighted by Crippen LogP contribution is 2.46. The van der Waals surface area contributed by atoms with Gasteiger partial charge in [0.1, 0.15) is 23.1 Å². The fourth-order valence-corrected chi connectivity index (χ4v) is 5.77. The summed E-state index contributed by atoms with van der Waals surface area (Å²) in [5.41, 5.74) is 1.62. The van der Waals surface area contributed by atoms with Gasteiger partial charge in [-0.2, -0.15) is 0 Å². The Balaban J connectivity index is 2.40. The molecule has 8 N–H and O–H groups in total. The molecule has 0 aliphatic carbocycles. The number of hydrogen-bond donors (Lipinski definition) is 8. The van der Waals surface area contributed by atoms with Crippen molar-refractivity contribution in [3.8, 4) is 11.5 Å². The van der Waals surface area contributed by atoms with E-state index in [4.69, 9.17) is 0 Å². The van der Waals surface area contributed by atoms with Crippen LogP contribution in [0.2, 0.25) is 0 Å². The van der Waals surface area contributed by atoms with Gasteiger partial charge >= 0.3 is 15.2 Å². The molecule has 0 aromatic heterocycles. The summed E-state index contributed by atoms with van der Waals surface area (Å²) in [6.45, 7) is 2.04. The third-order valence-corrected chi connectivity index (χ3v) is 9.04. The van der Waals surface area contributed by atoms with Crippen molar-refractivity contribution in [2.45, 2.75) is 58.1 Å². The fraction of sp³-hybridized carbons (Fsp3) is 0.478. The Morgan fingerprint density at radius 2 is 1.30 bits per heavy atom. The van der Waals surface area contributed by atoms with E-state index in [1.54, 1.807) is 13.0 Å². The molecule has 0 aliphatic rings. The first-order valence-corrected chi connectivity index (χ1v) is 15.0. The zero-order valence-electron chi connectivity index (χ0n) is 20.8. The Kier molecular flexibility index (Phi) is 11.3. The van der Waals surface area contributed by atoms with E-state index in [0.717, 1.165) is 0 Å². The van der Waals surface area contributed by atoms with Gasteiger partial charge in [-0.05, 0) is 42.7 Å². The summed E-state index contributed by atoms with van der Waals surface area (Å²) in [6.07, 6.45) is 0.0577. The number of hydrogen-bond acceptors (Lipinski definition) is 8. The van der Waals surface area contributed by atoms with Gasteiger partial charge in [0.2, 0.25) is 0 Å². The van der Waals surface area contributed by atoms with E-state index < -0.39 is 26.8 Å². The molecule has 208 valence electrons. The summed E-state index contributed by atoms with van der Waals surface area (Å²) in [7, 11) is -9.27. The normalized spacial score (nSPS) is 14.3. The monoisotopic (exact) mass is 562 g/mol. The maximum atomic E-state index is 12.3. The van der Waals surface area contributed by atoms with Gasteiger partial charge in [-0.25, -0.2) is 0 Å². The molecule has 0 amide bonds. The molecule has 2 aromatic rings. The highest BCUT2D eigenvalue weighted by Gasteiger charge is 2.35. The van der Waals surface area contributed by atoms with Crippen molar-refractivity contribution in [2.75, 3.05) is 13.1 Å². The average Bonchev–Trinajstić information content (AvgIpc) is 2.82. The van der Waals surface area contributed by atoms with Crippen molar-refractivity contribution in [1.82, 2.24) is 9.80 Å². The molecule has 0 saturated carbocycles. The van der Waals surface area contributed by atoms with Crippen LogP contribution in [0.25, 0.3) is 0 Å². The number of aromatic hydroxyl groups is 2. The first-order chi connectivity index (χ1) is 17.2. The summed E-state index contributed by atoms with van der Waals surface area (Å²) in [4.78, 5) is 42.5. The Bertz CT molecular complexity index is 1140. The number of benzene rings is 2. The van der Waals surface area contributed by atoms with E-state index in [-0.39, 0.29) is 57.3 Å². The van der Waals surface area contributed by atoms with E-state index in [0.29, 0.717) is 22.3 Å². The first-order valence-electron chi connectivity index (χ1n) is 11.6. The lowest BCUT2D eigenvalue weighted by molar-refractivity contribution is 0.147. The number of phenols is 2. The van der Waals surface area contributed by atoms with Crippen LogP contribution < -0.4 is 0 Å². The van der Waals surface area contributed by atoms with Crippen molar-refractivity contribution < 1.29 is 49.1 Å². The number of phenolic OH excluding ortho intramolecular Hbond substituents is 2. The molecule has 2 aromatic carbocycles. The molecular weight excluding hydrogens is 526 g/mol. The Morgan fingerprint density at radius 1 is 0.757 bits per heavy atom. The van der Waals surface area contributed by atoms with Crippen molar-refractivity contribution >= 4 is 15.2 Å². The van der Waals surface area contributed by atoms with Crippen LogP contribution in [0.3, 0.4) is 0 Å². The van der Waals surface area contributed by atoms with E-state index in [1.165, 1.54) is 47.1 Å². The standard InChI is InChI=1S/C23H36N2O10P2/c1-3-23(37(33,34)35)25(13-20-10-17(14-26)5-7-21(20)28)9-8-24(16(2)36(30,31)32)12-19-6-4-18(15-27)11-22(19)29/h4-7,10-11,16,23,26-29H,3,8-9,12-15H2,1-2H3,(H2,30,31,32)(H2,33,34,35). The van der Waals surface area contributed by atoms with Gasteiger partial charge in [0.25, 0.3) is 0 Å². The second kappa shape index (κ2) is 13.3. The summed E-state index contributed by atoms with van der Waals surface area (Å²) in [6, 6.07) is 8.85. The minimum Gasteiger partial charge on any atom is -0.508 e. The molecule has 2 rings (SSSR count). The molecule has 0 saturated heterocycles. The van der Waals surface area contributed by atoms with Gasteiger partial charge in [0.05, 0.1) is 13.2 Å². The van der Waals surface area contributed by atoms with Crippen molar-refractivity contribution in [3.63, 3.8) is 0 Å². The first kappa shape index (κ1) is 31.4. The third kappa shape index (κ3) is 8.87. The van der Waals surface area contributed by atoms with E-state index in [2.05, 4.69) is 0 Å². The van der Waals surface area contributed by atoms with Crippen LogP contribution in [0, 0.1) is 0 Å². The Morgan fingerprint density at radius 3 is 1.81 bits per heavy atom. The van der Waals surface area contributed by atoms with Gasteiger partial charge in [-0.3, -0.25) is 18.9 Å². The van der Waals surface area contributed by atoms with Crippen LogP contribution in [0.15, 0.2) is 36.4 Å².